The number of carboxylic acids is 1. The van der Waals surface area contributed by atoms with Gasteiger partial charge in [0.25, 0.3) is 0 Å². The second-order valence-electron chi connectivity index (χ2n) is 6.28. The monoisotopic (exact) mass is 298 g/mol. The molecule has 2 unspecified atom stereocenters. The van der Waals surface area contributed by atoms with Gasteiger partial charge < -0.3 is 20.9 Å². The minimum absolute atomic E-state index is 0.0490. The maximum atomic E-state index is 12.1. The number of aliphatic carboxylic acids is 1. The SMILES string of the molecule is NCC1CCC(C(=O)NCC2(C(=O)O)CCCCCC2)O1. The van der Waals surface area contributed by atoms with Crippen LogP contribution in [0.1, 0.15) is 51.4 Å². The van der Waals surface area contributed by atoms with E-state index in [2.05, 4.69) is 5.32 Å². The van der Waals surface area contributed by atoms with Crippen LogP contribution in [-0.2, 0) is 14.3 Å². The Labute approximate surface area is 125 Å². The zero-order valence-corrected chi connectivity index (χ0v) is 12.5. The fourth-order valence-electron chi connectivity index (χ4n) is 3.31. The summed E-state index contributed by atoms with van der Waals surface area (Å²) in [6, 6.07) is 0. The third-order valence-corrected chi connectivity index (χ3v) is 4.78. The van der Waals surface area contributed by atoms with Gasteiger partial charge in [0.15, 0.2) is 0 Å². The van der Waals surface area contributed by atoms with Gasteiger partial charge in [-0.05, 0) is 25.7 Å². The number of carbonyl (C=O) groups excluding carboxylic acids is 1. The average molecular weight is 298 g/mol. The Kier molecular flexibility index (Phi) is 5.58. The minimum atomic E-state index is -0.808. The third kappa shape index (κ3) is 3.95. The lowest BCUT2D eigenvalue weighted by molar-refractivity contribution is -0.150. The Hall–Kier alpha value is -1.14. The molecule has 0 radical (unpaired) electrons. The van der Waals surface area contributed by atoms with Gasteiger partial charge in [-0.1, -0.05) is 25.7 Å². The topological polar surface area (TPSA) is 102 Å². The first-order valence-electron chi connectivity index (χ1n) is 7.94. The molecule has 1 saturated carbocycles. The third-order valence-electron chi connectivity index (χ3n) is 4.78. The molecule has 0 spiro atoms. The van der Waals surface area contributed by atoms with Crippen LogP contribution in [0.3, 0.4) is 0 Å². The number of carboxylic acid groups (broad SMARTS) is 1. The molecule has 6 heteroatoms. The quantitative estimate of drug-likeness (QED) is 0.658. The van der Waals surface area contributed by atoms with Gasteiger partial charge in [0, 0.05) is 13.1 Å². The molecular formula is C15H26N2O4. The van der Waals surface area contributed by atoms with Crippen molar-refractivity contribution in [1.29, 1.82) is 0 Å². The maximum Gasteiger partial charge on any atom is 0.311 e. The summed E-state index contributed by atoms with van der Waals surface area (Å²) in [6.45, 7) is 0.622. The highest BCUT2D eigenvalue weighted by Crippen LogP contribution is 2.35. The van der Waals surface area contributed by atoms with E-state index in [9.17, 15) is 14.7 Å². The van der Waals surface area contributed by atoms with Crippen molar-refractivity contribution in [3.05, 3.63) is 0 Å². The van der Waals surface area contributed by atoms with Crippen LogP contribution in [-0.4, -0.2) is 42.3 Å². The van der Waals surface area contributed by atoms with Crippen LogP contribution in [0.15, 0.2) is 0 Å². The van der Waals surface area contributed by atoms with Crippen molar-refractivity contribution >= 4 is 11.9 Å². The van der Waals surface area contributed by atoms with Crippen LogP contribution >= 0.6 is 0 Å². The zero-order chi connectivity index (χ0) is 15.3. The van der Waals surface area contributed by atoms with Crippen LogP contribution in [0.2, 0.25) is 0 Å². The van der Waals surface area contributed by atoms with Gasteiger partial charge in [-0.3, -0.25) is 9.59 Å². The molecule has 1 aliphatic carbocycles. The van der Waals surface area contributed by atoms with E-state index in [-0.39, 0.29) is 18.6 Å². The summed E-state index contributed by atoms with van der Waals surface area (Å²) in [5, 5.41) is 12.4. The standard InChI is InChI=1S/C15H26N2O4/c16-9-11-5-6-12(21-11)13(18)17-10-15(14(19)20)7-3-1-2-4-8-15/h11-12H,1-10,16H2,(H,17,18)(H,19,20). The Balaban J connectivity index is 1.89. The molecule has 2 rings (SSSR count). The van der Waals surface area contributed by atoms with Crippen molar-refractivity contribution in [2.24, 2.45) is 11.1 Å². The normalized spacial score (nSPS) is 28.8. The van der Waals surface area contributed by atoms with Crippen molar-refractivity contribution in [3.8, 4) is 0 Å². The molecule has 0 bridgehead atoms. The second kappa shape index (κ2) is 7.22. The molecule has 0 aromatic rings. The zero-order valence-electron chi connectivity index (χ0n) is 12.5. The molecule has 1 amide bonds. The van der Waals surface area contributed by atoms with E-state index in [4.69, 9.17) is 10.5 Å². The second-order valence-corrected chi connectivity index (χ2v) is 6.28. The lowest BCUT2D eigenvalue weighted by Crippen LogP contribution is -2.46. The van der Waals surface area contributed by atoms with Crippen LogP contribution < -0.4 is 11.1 Å². The van der Waals surface area contributed by atoms with E-state index in [0.29, 0.717) is 25.8 Å². The summed E-state index contributed by atoms with van der Waals surface area (Å²) in [7, 11) is 0. The van der Waals surface area contributed by atoms with Crippen molar-refractivity contribution in [2.45, 2.75) is 63.6 Å². The lowest BCUT2D eigenvalue weighted by atomic mass is 9.80. The number of ether oxygens (including phenoxy) is 1. The molecule has 6 nitrogen and oxygen atoms in total. The Bertz CT molecular complexity index is 378. The van der Waals surface area contributed by atoms with Gasteiger partial charge in [-0.25, -0.2) is 0 Å². The van der Waals surface area contributed by atoms with Crippen molar-refractivity contribution < 1.29 is 19.4 Å². The summed E-state index contributed by atoms with van der Waals surface area (Å²) in [5.74, 6) is -0.993. The summed E-state index contributed by atoms with van der Waals surface area (Å²) < 4.78 is 5.55. The van der Waals surface area contributed by atoms with Crippen LogP contribution in [0.5, 0.6) is 0 Å². The van der Waals surface area contributed by atoms with E-state index >= 15 is 0 Å². The van der Waals surface area contributed by atoms with Crippen molar-refractivity contribution in [2.75, 3.05) is 13.1 Å². The number of amides is 1. The van der Waals surface area contributed by atoms with E-state index in [1.807, 2.05) is 0 Å². The maximum absolute atomic E-state index is 12.1. The number of hydrogen-bond acceptors (Lipinski definition) is 4. The molecule has 2 aliphatic rings. The van der Waals surface area contributed by atoms with E-state index in [1.165, 1.54) is 0 Å². The molecular weight excluding hydrogens is 272 g/mol. The number of carbonyl (C=O) groups is 2. The Morgan fingerprint density at radius 3 is 2.38 bits per heavy atom. The highest BCUT2D eigenvalue weighted by Gasteiger charge is 2.40. The smallest absolute Gasteiger partial charge is 0.311 e. The van der Waals surface area contributed by atoms with Crippen molar-refractivity contribution in [3.63, 3.8) is 0 Å². The van der Waals surface area contributed by atoms with Crippen LogP contribution in [0.25, 0.3) is 0 Å². The first kappa shape index (κ1) is 16.2. The Morgan fingerprint density at radius 2 is 1.86 bits per heavy atom. The molecule has 0 aromatic heterocycles. The van der Waals surface area contributed by atoms with E-state index < -0.39 is 17.5 Å². The summed E-state index contributed by atoms with van der Waals surface area (Å²) in [6.07, 6.45) is 6.18. The van der Waals surface area contributed by atoms with Crippen LogP contribution in [0.4, 0.5) is 0 Å². The van der Waals surface area contributed by atoms with Gasteiger partial charge >= 0.3 is 5.97 Å². The molecule has 1 heterocycles. The van der Waals surface area contributed by atoms with Crippen LogP contribution in [0, 0.1) is 5.41 Å². The number of rotatable bonds is 5. The minimum Gasteiger partial charge on any atom is -0.481 e. The van der Waals surface area contributed by atoms with E-state index in [0.717, 1.165) is 32.1 Å². The molecule has 120 valence electrons. The largest absolute Gasteiger partial charge is 0.481 e. The number of nitrogens with one attached hydrogen (secondary N) is 1. The summed E-state index contributed by atoms with van der Waals surface area (Å²) >= 11 is 0. The first-order chi connectivity index (χ1) is 10.1. The van der Waals surface area contributed by atoms with Gasteiger partial charge in [-0.2, -0.15) is 0 Å². The number of nitrogens with two attached hydrogens (primary N) is 1. The predicted octanol–water partition coefficient (Wildman–Crippen LogP) is 1.03. The number of hydrogen-bond donors (Lipinski definition) is 3. The molecule has 1 saturated heterocycles. The molecule has 21 heavy (non-hydrogen) atoms. The fraction of sp³-hybridized carbons (Fsp3) is 0.867. The highest BCUT2D eigenvalue weighted by atomic mass is 16.5. The lowest BCUT2D eigenvalue weighted by Gasteiger charge is -2.28. The first-order valence-corrected chi connectivity index (χ1v) is 7.94. The predicted molar refractivity (Wildman–Crippen MR) is 77.7 cm³/mol. The molecule has 1 aliphatic heterocycles. The summed E-state index contributed by atoms with van der Waals surface area (Å²) in [4.78, 5) is 23.8. The Morgan fingerprint density at radius 1 is 1.19 bits per heavy atom. The molecule has 0 aromatic carbocycles. The molecule has 2 fully saturated rings. The van der Waals surface area contributed by atoms with Gasteiger partial charge in [0.1, 0.15) is 6.10 Å². The highest BCUT2D eigenvalue weighted by molar-refractivity contribution is 5.82. The fourth-order valence-corrected chi connectivity index (χ4v) is 3.31. The molecule has 2 atom stereocenters. The van der Waals surface area contributed by atoms with Gasteiger partial charge in [0.2, 0.25) is 5.91 Å². The van der Waals surface area contributed by atoms with Crippen molar-refractivity contribution in [1.82, 2.24) is 5.32 Å². The van der Waals surface area contributed by atoms with Gasteiger partial charge in [-0.15, -0.1) is 0 Å². The molecule has 4 N–H and O–H groups in total. The van der Waals surface area contributed by atoms with Gasteiger partial charge in [0.05, 0.1) is 11.5 Å². The average Bonchev–Trinajstić information content (AvgIpc) is 2.83. The summed E-state index contributed by atoms with van der Waals surface area (Å²) in [5.41, 5.74) is 4.72. The van der Waals surface area contributed by atoms with E-state index in [1.54, 1.807) is 0 Å².